The Hall–Kier alpha value is 0. The minimum atomic E-state index is 0.727. The van der Waals surface area contributed by atoms with Crippen molar-refractivity contribution in [3.63, 3.8) is 0 Å². The van der Waals surface area contributed by atoms with Gasteiger partial charge in [-0.25, -0.2) is 0 Å². The summed E-state index contributed by atoms with van der Waals surface area (Å²) in [6.07, 6.45) is 20.7. The molecule has 1 radical (unpaired) electrons. The van der Waals surface area contributed by atoms with Crippen LogP contribution >= 0.6 is 0 Å². The van der Waals surface area contributed by atoms with Crippen molar-refractivity contribution in [2.75, 3.05) is 0 Å². The molecule has 0 heteroatoms. The molecule has 2 unspecified atom stereocenters. The molecule has 0 saturated heterocycles. The lowest BCUT2D eigenvalue weighted by Crippen LogP contribution is -2.21. The molecule has 2 atom stereocenters. The highest BCUT2D eigenvalue weighted by atomic mass is 14.3. The molecule has 0 amide bonds. The van der Waals surface area contributed by atoms with Crippen molar-refractivity contribution in [3.05, 3.63) is 6.92 Å². The molecule has 0 aromatic carbocycles. The summed E-state index contributed by atoms with van der Waals surface area (Å²) in [6.45, 7) is 7.00. The summed E-state index contributed by atoms with van der Waals surface area (Å²) in [5.41, 5.74) is 0. The number of hydrogen-bond donors (Lipinski definition) is 0. The maximum atomic E-state index is 4.53. The van der Waals surface area contributed by atoms with Gasteiger partial charge >= 0.3 is 0 Å². The van der Waals surface area contributed by atoms with Gasteiger partial charge in [-0.3, -0.25) is 0 Å². The average Bonchev–Trinajstić information content (AvgIpc) is 2.52. The van der Waals surface area contributed by atoms with E-state index in [-0.39, 0.29) is 0 Å². The van der Waals surface area contributed by atoms with Gasteiger partial charge in [0.15, 0.2) is 0 Å². The fraction of sp³-hybridized carbons (Fsp3) is 0.950. The summed E-state index contributed by atoms with van der Waals surface area (Å²) in [5, 5.41) is 0. The van der Waals surface area contributed by atoms with E-state index in [9.17, 15) is 0 Å². The van der Waals surface area contributed by atoms with Gasteiger partial charge in [0.1, 0.15) is 0 Å². The predicted octanol–water partition coefficient (Wildman–Crippen LogP) is 6.79. The second-order valence-electron chi connectivity index (χ2n) is 7.83. The molecular formula is C20H37. The van der Waals surface area contributed by atoms with Gasteiger partial charge in [-0.15, -0.1) is 0 Å². The fourth-order valence-electron chi connectivity index (χ4n) is 4.62. The smallest absolute Gasteiger partial charge is 0.0360 e. The predicted molar refractivity (Wildman–Crippen MR) is 89.6 cm³/mol. The number of hydrogen-bond acceptors (Lipinski definition) is 0. The molecule has 2 fully saturated rings. The van der Waals surface area contributed by atoms with Crippen LogP contribution in [0, 0.1) is 30.6 Å². The summed E-state index contributed by atoms with van der Waals surface area (Å²) in [6, 6.07) is 0. The van der Waals surface area contributed by atoms with Crippen LogP contribution < -0.4 is 0 Å². The van der Waals surface area contributed by atoms with Crippen molar-refractivity contribution in [1.82, 2.24) is 0 Å². The molecule has 2 rings (SSSR count). The highest BCUT2D eigenvalue weighted by Crippen LogP contribution is 2.35. The van der Waals surface area contributed by atoms with Crippen molar-refractivity contribution >= 4 is 0 Å². The zero-order chi connectivity index (χ0) is 14.2. The standard InChI is InChI=1S/C20H37/c1-17(18(2)20-15-7-4-8-16-20)11-9-10-14-19-12-5-3-6-13-19/h17-20H,2-16H2,1H3. The summed E-state index contributed by atoms with van der Waals surface area (Å²) < 4.78 is 0. The first-order chi connectivity index (χ1) is 9.77. The Morgan fingerprint density at radius 2 is 1.45 bits per heavy atom. The minimum absolute atomic E-state index is 0.727. The normalized spacial score (nSPS) is 25.5. The third-order valence-electron chi connectivity index (χ3n) is 6.23. The molecular weight excluding hydrogens is 240 g/mol. The van der Waals surface area contributed by atoms with E-state index in [0.29, 0.717) is 0 Å². The molecule has 0 aromatic rings. The molecule has 2 aliphatic carbocycles. The summed E-state index contributed by atoms with van der Waals surface area (Å²) in [7, 11) is 0. The molecule has 0 N–H and O–H groups in total. The van der Waals surface area contributed by atoms with E-state index in [1.807, 2.05) is 0 Å². The van der Waals surface area contributed by atoms with Gasteiger partial charge < -0.3 is 0 Å². The van der Waals surface area contributed by atoms with Crippen LogP contribution in [0.3, 0.4) is 0 Å². The Morgan fingerprint density at radius 1 is 0.850 bits per heavy atom. The first-order valence-corrected chi connectivity index (χ1v) is 9.60. The van der Waals surface area contributed by atoms with E-state index in [2.05, 4.69) is 13.8 Å². The van der Waals surface area contributed by atoms with Gasteiger partial charge in [0, 0.05) is 0 Å². The largest absolute Gasteiger partial charge is 0.0622 e. The maximum absolute atomic E-state index is 4.53. The van der Waals surface area contributed by atoms with Gasteiger partial charge in [0.25, 0.3) is 0 Å². The Balaban J connectivity index is 1.55. The number of rotatable bonds is 7. The van der Waals surface area contributed by atoms with E-state index in [4.69, 9.17) is 0 Å². The zero-order valence-corrected chi connectivity index (χ0v) is 13.9. The van der Waals surface area contributed by atoms with E-state index in [0.717, 1.165) is 23.7 Å². The van der Waals surface area contributed by atoms with Crippen molar-refractivity contribution in [2.45, 2.75) is 96.8 Å². The van der Waals surface area contributed by atoms with Gasteiger partial charge in [0.05, 0.1) is 0 Å². The van der Waals surface area contributed by atoms with E-state index in [1.54, 1.807) is 0 Å². The van der Waals surface area contributed by atoms with Crippen LogP contribution in [0.2, 0.25) is 0 Å². The van der Waals surface area contributed by atoms with Crippen LogP contribution in [0.1, 0.15) is 96.8 Å². The van der Waals surface area contributed by atoms with Crippen LogP contribution in [-0.4, -0.2) is 0 Å². The Kier molecular flexibility index (Phi) is 7.45. The van der Waals surface area contributed by atoms with Crippen LogP contribution in [0.4, 0.5) is 0 Å². The molecule has 0 aromatic heterocycles. The highest BCUT2D eigenvalue weighted by Gasteiger charge is 2.24. The average molecular weight is 278 g/mol. The topological polar surface area (TPSA) is 0 Å². The quantitative estimate of drug-likeness (QED) is 0.449. The van der Waals surface area contributed by atoms with Gasteiger partial charge in [-0.1, -0.05) is 96.8 Å². The minimum Gasteiger partial charge on any atom is -0.0622 e. The lowest BCUT2D eigenvalue weighted by atomic mass is 9.74. The highest BCUT2D eigenvalue weighted by molar-refractivity contribution is 4.79. The Bertz CT molecular complexity index is 232. The Labute approximate surface area is 128 Å². The summed E-state index contributed by atoms with van der Waals surface area (Å²) in [5.74, 6) is 3.60. The number of unbranched alkanes of at least 4 members (excludes halogenated alkanes) is 1. The fourth-order valence-corrected chi connectivity index (χ4v) is 4.62. The molecule has 20 heavy (non-hydrogen) atoms. The lowest BCUT2D eigenvalue weighted by Gasteiger charge is -2.32. The molecule has 0 nitrogen and oxygen atoms in total. The first kappa shape index (κ1) is 16.4. The molecule has 0 heterocycles. The Morgan fingerprint density at radius 3 is 2.10 bits per heavy atom. The van der Waals surface area contributed by atoms with Crippen molar-refractivity contribution in [3.8, 4) is 0 Å². The summed E-state index contributed by atoms with van der Waals surface area (Å²) >= 11 is 0. The van der Waals surface area contributed by atoms with Crippen LogP contribution in [-0.2, 0) is 0 Å². The van der Waals surface area contributed by atoms with Gasteiger partial charge in [-0.05, 0) is 30.6 Å². The van der Waals surface area contributed by atoms with Crippen molar-refractivity contribution < 1.29 is 0 Å². The van der Waals surface area contributed by atoms with Gasteiger partial charge in [0.2, 0.25) is 0 Å². The maximum Gasteiger partial charge on any atom is -0.0360 e. The monoisotopic (exact) mass is 277 g/mol. The summed E-state index contributed by atoms with van der Waals surface area (Å²) in [4.78, 5) is 0. The third kappa shape index (κ3) is 5.41. The van der Waals surface area contributed by atoms with Crippen LogP contribution in [0.5, 0.6) is 0 Å². The van der Waals surface area contributed by atoms with E-state index < -0.39 is 0 Å². The zero-order valence-electron chi connectivity index (χ0n) is 13.9. The van der Waals surface area contributed by atoms with Crippen LogP contribution in [0.25, 0.3) is 0 Å². The van der Waals surface area contributed by atoms with E-state index in [1.165, 1.54) is 89.9 Å². The van der Waals surface area contributed by atoms with Gasteiger partial charge in [-0.2, -0.15) is 0 Å². The third-order valence-corrected chi connectivity index (χ3v) is 6.23. The SMILES string of the molecule is [CH2]C(C(C)CCCCC1CCCCC1)C1CCCCC1. The van der Waals surface area contributed by atoms with Crippen molar-refractivity contribution in [1.29, 1.82) is 0 Å². The first-order valence-electron chi connectivity index (χ1n) is 9.60. The molecule has 117 valence electrons. The lowest BCUT2D eigenvalue weighted by molar-refractivity contribution is 0.215. The molecule has 2 saturated carbocycles. The molecule has 0 bridgehead atoms. The molecule has 2 aliphatic rings. The van der Waals surface area contributed by atoms with Crippen molar-refractivity contribution in [2.24, 2.45) is 23.7 Å². The molecule has 0 aliphatic heterocycles. The second-order valence-corrected chi connectivity index (χ2v) is 7.83. The molecule has 0 spiro atoms. The van der Waals surface area contributed by atoms with Crippen LogP contribution in [0.15, 0.2) is 0 Å². The van der Waals surface area contributed by atoms with E-state index >= 15 is 0 Å². The second kappa shape index (κ2) is 9.11.